The molecule has 8 nitrogen and oxygen atoms in total. The number of hydrogen-bond acceptors (Lipinski definition) is 10. The molecule has 0 spiro atoms. The molecule has 0 radical (unpaired) electrons. The van der Waals surface area contributed by atoms with Gasteiger partial charge < -0.3 is 30.4 Å². The Morgan fingerprint density at radius 3 is 1.73 bits per heavy atom. The van der Waals surface area contributed by atoms with Crippen LogP contribution < -0.4 is 20.9 Å². The topological polar surface area (TPSA) is 137 Å². The van der Waals surface area contributed by atoms with Gasteiger partial charge >= 0.3 is 0 Å². The summed E-state index contributed by atoms with van der Waals surface area (Å²) >= 11 is 2.78. The van der Waals surface area contributed by atoms with E-state index in [1.54, 1.807) is 14.2 Å². The Morgan fingerprint density at radius 2 is 1.25 bits per heavy atom. The predicted molar refractivity (Wildman–Crippen MR) is 159 cm³/mol. The van der Waals surface area contributed by atoms with Crippen molar-refractivity contribution >= 4 is 34.9 Å². The lowest BCUT2D eigenvalue weighted by Crippen LogP contribution is -2.14. The van der Waals surface area contributed by atoms with Crippen LogP contribution in [0.15, 0.2) is 68.1 Å². The van der Waals surface area contributed by atoms with Crippen LogP contribution in [0.5, 0.6) is 11.5 Å². The lowest BCUT2D eigenvalue weighted by molar-refractivity contribution is 0.0938. The average Bonchev–Trinajstić information content (AvgIpc) is 2.96. The van der Waals surface area contributed by atoms with Gasteiger partial charge in [0.2, 0.25) is 0 Å². The van der Waals surface area contributed by atoms with Crippen molar-refractivity contribution in [1.29, 1.82) is 10.5 Å². The Bertz CT molecular complexity index is 1370. The van der Waals surface area contributed by atoms with E-state index in [9.17, 15) is 10.5 Å². The van der Waals surface area contributed by atoms with Gasteiger partial charge in [0.25, 0.3) is 0 Å². The number of rotatable bonds is 14. The molecule has 0 saturated heterocycles. The van der Waals surface area contributed by atoms with Gasteiger partial charge in [-0.2, -0.15) is 10.5 Å². The minimum absolute atomic E-state index is 0.0440. The van der Waals surface area contributed by atoms with Crippen LogP contribution in [0, 0.1) is 22.7 Å². The highest BCUT2D eigenvalue weighted by molar-refractivity contribution is 8.02. The number of para-hydroxylation sites is 1. The monoisotopic (exact) mass is 578 g/mol. The van der Waals surface area contributed by atoms with E-state index in [2.05, 4.69) is 12.1 Å². The molecule has 4 N–H and O–H groups in total. The van der Waals surface area contributed by atoms with Crippen molar-refractivity contribution in [3.8, 4) is 23.6 Å². The van der Waals surface area contributed by atoms with Gasteiger partial charge in [0.05, 0.1) is 35.2 Å². The van der Waals surface area contributed by atoms with Gasteiger partial charge in [-0.1, -0.05) is 35.7 Å². The van der Waals surface area contributed by atoms with Crippen molar-refractivity contribution in [2.24, 2.45) is 0 Å². The fraction of sp³-hybridized carbons (Fsp3) is 0.333. The molecule has 10 heteroatoms. The van der Waals surface area contributed by atoms with Gasteiger partial charge in [-0.3, -0.25) is 0 Å². The van der Waals surface area contributed by atoms with Crippen molar-refractivity contribution in [2.75, 3.05) is 38.9 Å². The van der Waals surface area contributed by atoms with Crippen LogP contribution in [0.2, 0.25) is 0 Å². The Labute approximate surface area is 244 Å². The zero-order valence-electron chi connectivity index (χ0n) is 23.1. The molecular formula is C30H34N4O4S2. The normalized spacial score (nSPS) is 12.2. The Hall–Kier alpha value is -3.54. The molecule has 0 heterocycles. The van der Waals surface area contributed by atoms with E-state index in [4.69, 9.17) is 30.4 Å². The van der Waals surface area contributed by atoms with Gasteiger partial charge in [0, 0.05) is 48.2 Å². The summed E-state index contributed by atoms with van der Waals surface area (Å²) in [4.78, 5) is 2.94. The molecule has 0 bridgehead atoms. The maximum Gasteiger partial charge on any atom is 0.153 e. The first-order chi connectivity index (χ1) is 19.3. The number of benzene rings is 3. The van der Waals surface area contributed by atoms with Crippen molar-refractivity contribution in [2.45, 2.75) is 58.5 Å². The summed E-state index contributed by atoms with van der Waals surface area (Å²) < 4.78 is 23.3. The summed E-state index contributed by atoms with van der Waals surface area (Å²) in [7, 11) is 3.27. The quantitative estimate of drug-likeness (QED) is 0.204. The van der Waals surface area contributed by atoms with Crippen molar-refractivity contribution in [1.82, 2.24) is 0 Å². The highest BCUT2D eigenvalue weighted by Crippen LogP contribution is 2.53. The number of nitrogens with zero attached hydrogens (tertiary/aromatic N) is 2. The van der Waals surface area contributed by atoms with Gasteiger partial charge in [0.1, 0.15) is 23.3 Å². The smallest absolute Gasteiger partial charge is 0.153 e. The standard InChI is InChI=1S/C30H34N4O4S2/c1-19(35-3)13-15-37-27-23(17-31)24(18-32)28(38-16-14-20(2)36-4)30(40-26-8-6-5-7-25(26)34)29(27)39-22-11-9-21(33)10-12-22/h5-12,19-20H,13-16,33-34H2,1-4H3. The number of hydrogen-bond donors (Lipinski definition) is 2. The summed E-state index contributed by atoms with van der Waals surface area (Å²) in [6.07, 6.45) is 1.10. The molecule has 0 fully saturated rings. The van der Waals surface area contributed by atoms with Crippen molar-refractivity contribution < 1.29 is 18.9 Å². The molecule has 3 rings (SSSR count). The molecule has 210 valence electrons. The molecule has 0 aliphatic carbocycles. The average molecular weight is 579 g/mol. The summed E-state index contributed by atoms with van der Waals surface area (Å²) in [6, 6.07) is 19.3. The third-order valence-electron chi connectivity index (χ3n) is 6.12. The lowest BCUT2D eigenvalue weighted by Gasteiger charge is -2.23. The van der Waals surface area contributed by atoms with Crippen LogP contribution in [0.3, 0.4) is 0 Å². The van der Waals surface area contributed by atoms with E-state index in [0.717, 1.165) is 9.79 Å². The van der Waals surface area contributed by atoms with Gasteiger partial charge in [-0.15, -0.1) is 0 Å². The van der Waals surface area contributed by atoms with Crippen LogP contribution in [0.1, 0.15) is 37.8 Å². The highest BCUT2D eigenvalue weighted by Gasteiger charge is 2.29. The minimum atomic E-state index is -0.0455. The minimum Gasteiger partial charge on any atom is -0.491 e. The molecular weight excluding hydrogens is 544 g/mol. The maximum atomic E-state index is 10.3. The van der Waals surface area contributed by atoms with Crippen molar-refractivity contribution in [3.05, 3.63) is 59.7 Å². The van der Waals surface area contributed by atoms with Crippen LogP contribution in [-0.2, 0) is 9.47 Å². The molecule has 40 heavy (non-hydrogen) atoms. The largest absolute Gasteiger partial charge is 0.491 e. The first-order valence-corrected chi connectivity index (χ1v) is 14.4. The van der Waals surface area contributed by atoms with E-state index < -0.39 is 0 Å². The number of ether oxygens (including phenoxy) is 4. The third kappa shape index (κ3) is 8.00. The predicted octanol–water partition coefficient (Wildman–Crippen LogP) is 6.50. The van der Waals surface area contributed by atoms with Crippen molar-refractivity contribution in [3.63, 3.8) is 0 Å². The second-order valence-electron chi connectivity index (χ2n) is 8.97. The van der Waals surface area contributed by atoms with E-state index >= 15 is 0 Å². The molecule has 0 aliphatic heterocycles. The Balaban J connectivity index is 2.26. The summed E-state index contributed by atoms with van der Waals surface area (Å²) in [5.41, 5.74) is 13.7. The molecule has 0 aromatic heterocycles. The number of anilines is 2. The highest BCUT2D eigenvalue weighted by atomic mass is 32.2. The van der Waals surface area contributed by atoms with Crippen LogP contribution >= 0.6 is 23.5 Å². The first kappa shape index (κ1) is 31.0. The zero-order valence-corrected chi connectivity index (χ0v) is 24.7. The molecule has 3 aromatic carbocycles. The summed E-state index contributed by atoms with van der Waals surface area (Å²) in [5, 5.41) is 20.6. The fourth-order valence-corrected chi connectivity index (χ4v) is 5.75. The number of nitriles is 2. The lowest BCUT2D eigenvalue weighted by atomic mass is 10.1. The maximum absolute atomic E-state index is 10.3. The molecule has 0 saturated carbocycles. The molecule has 0 amide bonds. The SMILES string of the molecule is COC(C)CCOc1c(C#N)c(C#N)c(OCCC(C)OC)c(Sc2ccccc2N)c1Sc1ccc(N)cc1. The van der Waals surface area contributed by atoms with E-state index in [-0.39, 0.29) is 36.5 Å². The van der Waals surface area contributed by atoms with Gasteiger partial charge in [-0.25, -0.2) is 0 Å². The van der Waals surface area contributed by atoms with E-state index in [1.807, 2.05) is 62.4 Å². The fourth-order valence-electron chi connectivity index (χ4n) is 3.56. The number of nitrogen functional groups attached to an aromatic ring is 2. The van der Waals surface area contributed by atoms with Gasteiger partial charge in [-0.05, 0) is 50.2 Å². The molecule has 2 atom stereocenters. The van der Waals surface area contributed by atoms with E-state index in [0.29, 0.717) is 45.5 Å². The molecule has 2 unspecified atom stereocenters. The van der Waals surface area contributed by atoms with Gasteiger partial charge in [0.15, 0.2) is 11.5 Å². The summed E-state index contributed by atoms with van der Waals surface area (Å²) in [5.74, 6) is 0.630. The Kier molecular flexibility index (Phi) is 11.9. The molecule has 3 aromatic rings. The number of nitrogens with two attached hydrogens (primary N) is 2. The molecule has 0 aliphatic rings. The van der Waals surface area contributed by atoms with Crippen LogP contribution in [0.25, 0.3) is 0 Å². The third-order valence-corrected chi connectivity index (χ3v) is 8.54. The van der Waals surface area contributed by atoms with Crippen LogP contribution in [0.4, 0.5) is 11.4 Å². The summed E-state index contributed by atoms with van der Waals surface area (Å²) in [6.45, 7) is 4.45. The second kappa shape index (κ2) is 15.3. The van der Waals surface area contributed by atoms with Crippen LogP contribution in [-0.4, -0.2) is 39.6 Å². The first-order valence-electron chi connectivity index (χ1n) is 12.7. The van der Waals surface area contributed by atoms with E-state index in [1.165, 1.54) is 23.5 Å². The Morgan fingerprint density at radius 1 is 0.750 bits per heavy atom. The zero-order chi connectivity index (χ0) is 29.1. The second-order valence-corrected chi connectivity index (χ2v) is 11.1. The number of methoxy groups -OCH3 is 2.